The molecule has 1 amide bonds. The molecule has 1 N–H and O–H groups in total. The minimum atomic E-state index is -4.40. The van der Waals surface area contributed by atoms with E-state index < -0.39 is 23.8 Å². The number of likely N-dealkylation sites (tertiary alicyclic amines) is 1. The summed E-state index contributed by atoms with van der Waals surface area (Å²) in [5, 5.41) is 12.4. The van der Waals surface area contributed by atoms with Gasteiger partial charge in [-0.3, -0.25) is 9.59 Å². The summed E-state index contributed by atoms with van der Waals surface area (Å²) < 4.78 is 38.9. The van der Waals surface area contributed by atoms with Crippen molar-refractivity contribution in [2.24, 2.45) is 11.8 Å². The van der Waals surface area contributed by atoms with Gasteiger partial charge in [0.2, 0.25) is 5.91 Å². The molecule has 0 bridgehead atoms. The van der Waals surface area contributed by atoms with Gasteiger partial charge in [-0.15, -0.1) is 0 Å². The fourth-order valence-corrected chi connectivity index (χ4v) is 4.96. The highest BCUT2D eigenvalue weighted by molar-refractivity contribution is 5.90. The summed E-state index contributed by atoms with van der Waals surface area (Å²) in [6.07, 6.45) is -2.01. The van der Waals surface area contributed by atoms with E-state index >= 15 is 0 Å². The van der Waals surface area contributed by atoms with Crippen molar-refractivity contribution in [3.05, 3.63) is 35.4 Å². The Morgan fingerprint density at radius 1 is 1.23 bits per heavy atom. The Kier molecular flexibility index (Phi) is 5.35. The second kappa shape index (κ2) is 7.69. The lowest BCUT2D eigenvalue weighted by molar-refractivity contribution is -0.137. The quantitative estimate of drug-likeness (QED) is 0.813. The standard InChI is InChI=1S/C22H24F3N3O2/c1-12-16(10-19(27-12)21(30)28-7-3-6-15(28)11-26)20(29)18-9-17(18)13-4-2-5-14(8-13)22(23,24)25/h2,4-5,8,12,15-19,27H,3,6-7,9-10H2,1H3/t12-,15-,16-,17?,18?,19?/m0/s1. The highest BCUT2D eigenvalue weighted by atomic mass is 19.4. The van der Waals surface area contributed by atoms with Gasteiger partial charge < -0.3 is 10.2 Å². The van der Waals surface area contributed by atoms with Crippen LogP contribution in [0, 0.1) is 23.2 Å². The first kappa shape index (κ1) is 20.9. The van der Waals surface area contributed by atoms with Crippen LogP contribution in [0.3, 0.4) is 0 Å². The van der Waals surface area contributed by atoms with E-state index in [4.69, 9.17) is 0 Å². The molecule has 0 aromatic heterocycles. The second-order valence-corrected chi connectivity index (χ2v) is 8.64. The van der Waals surface area contributed by atoms with Crippen LogP contribution in [0.25, 0.3) is 0 Å². The molecule has 160 valence electrons. The monoisotopic (exact) mass is 419 g/mol. The molecule has 1 aromatic carbocycles. The number of halogens is 3. The number of benzene rings is 1. The number of hydrogen-bond acceptors (Lipinski definition) is 4. The van der Waals surface area contributed by atoms with Gasteiger partial charge in [0.15, 0.2) is 0 Å². The Labute approximate surface area is 173 Å². The van der Waals surface area contributed by atoms with E-state index in [1.165, 1.54) is 6.07 Å². The van der Waals surface area contributed by atoms with Crippen LogP contribution in [-0.2, 0) is 15.8 Å². The van der Waals surface area contributed by atoms with Gasteiger partial charge in [-0.25, -0.2) is 0 Å². The molecule has 4 rings (SSSR count). The van der Waals surface area contributed by atoms with Gasteiger partial charge in [0.25, 0.3) is 0 Å². The number of Topliss-reactive ketones (excluding diaryl/α,β-unsaturated/α-hetero) is 1. The summed E-state index contributed by atoms with van der Waals surface area (Å²) in [6.45, 7) is 2.42. The van der Waals surface area contributed by atoms with E-state index in [2.05, 4.69) is 11.4 Å². The third-order valence-corrected chi connectivity index (χ3v) is 6.70. The highest BCUT2D eigenvalue weighted by Gasteiger charge is 2.50. The normalized spacial score (nSPS) is 33.4. The predicted molar refractivity (Wildman–Crippen MR) is 102 cm³/mol. The van der Waals surface area contributed by atoms with Gasteiger partial charge in [-0.1, -0.05) is 18.2 Å². The molecule has 8 heteroatoms. The van der Waals surface area contributed by atoms with Gasteiger partial charge in [0.05, 0.1) is 17.7 Å². The first-order chi connectivity index (χ1) is 14.2. The smallest absolute Gasteiger partial charge is 0.325 e. The molecule has 0 spiro atoms. The Morgan fingerprint density at radius 2 is 2.00 bits per heavy atom. The summed E-state index contributed by atoms with van der Waals surface area (Å²) in [6, 6.07) is 6.28. The Hall–Kier alpha value is -2.40. The Balaban J connectivity index is 1.40. The van der Waals surface area contributed by atoms with Gasteiger partial charge >= 0.3 is 6.18 Å². The lowest BCUT2D eigenvalue weighted by atomic mass is 9.90. The van der Waals surface area contributed by atoms with E-state index in [1.807, 2.05) is 6.92 Å². The van der Waals surface area contributed by atoms with Crippen LogP contribution in [0.4, 0.5) is 13.2 Å². The maximum absolute atomic E-state index is 13.1. The predicted octanol–water partition coefficient (Wildman–Crippen LogP) is 3.26. The van der Waals surface area contributed by atoms with Crippen LogP contribution >= 0.6 is 0 Å². The summed E-state index contributed by atoms with van der Waals surface area (Å²) in [7, 11) is 0. The lowest BCUT2D eigenvalue weighted by Gasteiger charge is -2.23. The van der Waals surface area contributed by atoms with E-state index in [0.717, 1.165) is 18.6 Å². The van der Waals surface area contributed by atoms with Crippen LogP contribution in [0.15, 0.2) is 24.3 Å². The van der Waals surface area contributed by atoms with E-state index in [1.54, 1.807) is 11.0 Å². The van der Waals surface area contributed by atoms with Crippen LogP contribution < -0.4 is 5.32 Å². The number of nitriles is 1. The molecule has 1 aliphatic carbocycles. The van der Waals surface area contributed by atoms with Crippen LogP contribution in [0.2, 0.25) is 0 Å². The lowest BCUT2D eigenvalue weighted by Crippen LogP contribution is -2.46. The number of carbonyl (C=O) groups excluding carboxylic acids is 2. The van der Waals surface area contributed by atoms with Crippen molar-refractivity contribution in [3.63, 3.8) is 0 Å². The number of amides is 1. The van der Waals surface area contributed by atoms with Crippen molar-refractivity contribution in [2.75, 3.05) is 6.54 Å². The van der Waals surface area contributed by atoms with Crippen molar-refractivity contribution >= 4 is 11.7 Å². The van der Waals surface area contributed by atoms with Gasteiger partial charge in [-0.2, -0.15) is 18.4 Å². The summed E-state index contributed by atoms with van der Waals surface area (Å²) >= 11 is 0. The molecule has 3 unspecified atom stereocenters. The number of nitrogens with one attached hydrogen (secondary N) is 1. The van der Waals surface area contributed by atoms with Crippen LogP contribution in [0.5, 0.6) is 0 Å². The first-order valence-electron chi connectivity index (χ1n) is 10.4. The number of ketones is 1. The molecule has 3 fully saturated rings. The van der Waals surface area contributed by atoms with Crippen molar-refractivity contribution in [1.82, 2.24) is 10.2 Å². The molecule has 3 aliphatic rings. The summed E-state index contributed by atoms with van der Waals surface area (Å²) in [4.78, 5) is 27.5. The van der Waals surface area contributed by atoms with Crippen molar-refractivity contribution < 1.29 is 22.8 Å². The first-order valence-corrected chi connectivity index (χ1v) is 10.4. The highest BCUT2D eigenvalue weighted by Crippen LogP contribution is 2.51. The zero-order chi connectivity index (χ0) is 21.6. The minimum absolute atomic E-state index is 0.0194. The zero-order valence-electron chi connectivity index (χ0n) is 16.7. The van der Waals surface area contributed by atoms with Gasteiger partial charge in [-0.05, 0) is 50.2 Å². The van der Waals surface area contributed by atoms with Crippen LogP contribution in [-0.4, -0.2) is 41.3 Å². The van der Waals surface area contributed by atoms with E-state index in [0.29, 0.717) is 31.4 Å². The average molecular weight is 419 g/mol. The Bertz CT molecular complexity index is 894. The fraction of sp³-hybridized carbons (Fsp3) is 0.591. The molecule has 1 saturated carbocycles. The molecule has 2 aliphatic heterocycles. The fourth-order valence-electron chi connectivity index (χ4n) is 4.96. The molecule has 1 aromatic rings. The molecule has 0 radical (unpaired) electrons. The topological polar surface area (TPSA) is 73.2 Å². The van der Waals surface area contributed by atoms with Crippen molar-refractivity contribution in [2.45, 2.75) is 62.8 Å². The number of alkyl halides is 3. The third-order valence-electron chi connectivity index (χ3n) is 6.70. The SMILES string of the molecule is C[C@@H]1NC(C(=O)N2CCC[C@H]2C#N)C[C@@H]1C(=O)C1CC1c1cccc(C(F)(F)F)c1. The van der Waals surface area contributed by atoms with Gasteiger partial charge in [0, 0.05) is 24.4 Å². The third kappa shape index (κ3) is 3.83. The number of nitrogens with zero attached hydrogens (tertiary/aromatic N) is 2. The van der Waals surface area contributed by atoms with E-state index in [-0.39, 0.29) is 35.5 Å². The molecule has 30 heavy (non-hydrogen) atoms. The van der Waals surface area contributed by atoms with Crippen molar-refractivity contribution in [1.29, 1.82) is 5.26 Å². The molecule has 6 atom stereocenters. The number of carbonyl (C=O) groups is 2. The minimum Gasteiger partial charge on any atom is -0.325 e. The second-order valence-electron chi connectivity index (χ2n) is 8.64. The number of rotatable bonds is 4. The average Bonchev–Trinajstić information content (AvgIpc) is 3.20. The van der Waals surface area contributed by atoms with Crippen LogP contribution in [0.1, 0.15) is 49.7 Å². The summed E-state index contributed by atoms with van der Waals surface area (Å²) in [5.41, 5.74) is -0.152. The van der Waals surface area contributed by atoms with Crippen molar-refractivity contribution in [3.8, 4) is 6.07 Å². The molecule has 2 saturated heterocycles. The van der Waals surface area contributed by atoms with Gasteiger partial charge in [0.1, 0.15) is 11.8 Å². The maximum atomic E-state index is 13.1. The maximum Gasteiger partial charge on any atom is 0.416 e. The number of hydrogen-bond donors (Lipinski definition) is 1. The molecule has 2 heterocycles. The largest absolute Gasteiger partial charge is 0.416 e. The molecular weight excluding hydrogens is 395 g/mol. The Morgan fingerprint density at radius 3 is 2.70 bits per heavy atom. The zero-order valence-corrected chi connectivity index (χ0v) is 16.7. The summed E-state index contributed by atoms with van der Waals surface area (Å²) in [5.74, 6) is -0.946. The molecular formula is C22H24F3N3O2. The molecule has 5 nitrogen and oxygen atoms in total. The van der Waals surface area contributed by atoms with E-state index in [9.17, 15) is 28.0 Å².